The van der Waals surface area contributed by atoms with E-state index in [-0.39, 0.29) is 5.91 Å². The molecule has 25 heavy (non-hydrogen) atoms. The highest BCUT2D eigenvalue weighted by molar-refractivity contribution is 5.93. The number of benzene rings is 1. The van der Waals surface area contributed by atoms with Crippen LogP contribution in [0.4, 0.5) is 0 Å². The first-order chi connectivity index (χ1) is 12.3. The summed E-state index contributed by atoms with van der Waals surface area (Å²) in [7, 11) is 0. The number of nitrogens with zero attached hydrogens (tertiary/aromatic N) is 5. The summed E-state index contributed by atoms with van der Waals surface area (Å²) in [5, 5.41) is 2.83. The van der Waals surface area contributed by atoms with Gasteiger partial charge in [-0.3, -0.25) is 14.3 Å². The summed E-state index contributed by atoms with van der Waals surface area (Å²) in [5.41, 5.74) is 2.65. The van der Waals surface area contributed by atoms with Crippen LogP contribution in [0.5, 0.6) is 0 Å². The van der Waals surface area contributed by atoms with E-state index in [0.717, 1.165) is 16.9 Å². The second-order valence-corrected chi connectivity index (χ2v) is 5.42. The Hall–Kier alpha value is -3.61. The Morgan fingerprint density at radius 3 is 2.68 bits per heavy atom. The molecule has 0 aliphatic carbocycles. The molecule has 0 fully saturated rings. The maximum atomic E-state index is 12.3. The fourth-order valence-electron chi connectivity index (χ4n) is 2.41. The molecule has 122 valence electrons. The summed E-state index contributed by atoms with van der Waals surface area (Å²) in [5.74, 6) is 0.505. The van der Waals surface area contributed by atoms with Gasteiger partial charge in [0.05, 0.1) is 17.2 Å². The van der Waals surface area contributed by atoms with Crippen LogP contribution in [0.1, 0.15) is 16.1 Å². The number of imidazole rings is 1. The third-order valence-corrected chi connectivity index (χ3v) is 3.71. The Morgan fingerprint density at radius 1 is 1.04 bits per heavy atom. The van der Waals surface area contributed by atoms with Gasteiger partial charge < -0.3 is 5.32 Å². The third kappa shape index (κ3) is 3.20. The number of carbonyl (C=O) groups is 1. The molecule has 1 aromatic carbocycles. The van der Waals surface area contributed by atoms with E-state index in [1.807, 2.05) is 47.2 Å². The number of fused-ring (bicyclic) bond motifs is 1. The minimum atomic E-state index is -0.267. The van der Waals surface area contributed by atoms with E-state index in [2.05, 4.69) is 25.3 Å². The average Bonchev–Trinajstić information content (AvgIpc) is 3.21. The van der Waals surface area contributed by atoms with Crippen LogP contribution in [0, 0.1) is 0 Å². The molecule has 3 heterocycles. The van der Waals surface area contributed by atoms with Crippen LogP contribution in [-0.2, 0) is 6.54 Å². The van der Waals surface area contributed by atoms with Crippen molar-refractivity contribution in [3.05, 3.63) is 78.8 Å². The molecule has 4 rings (SSSR count). The van der Waals surface area contributed by atoms with Crippen molar-refractivity contribution in [3.63, 3.8) is 0 Å². The number of para-hydroxylation sites is 2. The standard InChI is InChI=1S/C18H14N6O/c25-18(16-11-20-14-3-1-2-4-15(14)23-16)22-10-13-5-6-17(21-9-13)24-8-7-19-12-24/h1-9,11-12H,10H2,(H,22,25). The normalized spacial score (nSPS) is 10.7. The first-order valence-electron chi connectivity index (χ1n) is 7.73. The van der Waals surface area contributed by atoms with E-state index in [1.165, 1.54) is 6.20 Å². The Balaban J connectivity index is 1.44. The van der Waals surface area contributed by atoms with Crippen molar-refractivity contribution in [1.82, 2.24) is 29.8 Å². The zero-order valence-corrected chi connectivity index (χ0v) is 13.2. The molecule has 0 saturated heterocycles. The smallest absolute Gasteiger partial charge is 0.271 e. The Morgan fingerprint density at radius 2 is 1.92 bits per heavy atom. The number of hydrogen-bond acceptors (Lipinski definition) is 5. The fraction of sp³-hybridized carbons (Fsp3) is 0.0556. The Kier molecular flexibility index (Phi) is 3.88. The minimum Gasteiger partial charge on any atom is -0.347 e. The molecule has 1 amide bonds. The van der Waals surface area contributed by atoms with Crippen molar-refractivity contribution in [1.29, 1.82) is 0 Å². The van der Waals surface area contributed by atoms with E-state index >= 15 is 0 Å². The summed E-state index contributed by atoms with van der Waals surface area (Å²) < 4.78 is 1.81. The van der Waals surface area contributed by atoms with Gasteiger partial charge in [-0.05, 0) is 23.8 Å². The van der Waals surface area contributed by atoms with Crippen LogP contribution in [0.25, 0.3) is 16.9 Å². The maximum Gasteiger partial charge on any atom is 0.271 e. The Labute approximate surface area is 143 Å². The van der Waals surface area contributed by atoms with E-state index in [9.17, 15) is 4.79 Å². The molecule has 0 radical (unpaired) electrons. The molecule has 0 spiro atoms. The average molecular weight is 330 g/mol. The van der Waals surface area contributed by atoms with E-state index in [0.29, 0.717) is 17.8 Å². The van der Waals surface area contributed by atoms with Crippen LogP contribution in [0.15, 0.2) is 67.5 Å². The van der Waals surface area contributed by atoms with Crippen molar-refractivity contribution in [2.24, 2.45) is 0 Å². The summed E-state index contributed by atoms with van der Waals surface area (Å²) in [4.78, 5) is 29.2. The lowest BCUT2D eigenvalue weighted by molar-refractivity contribution is 0.0946. The van der Waals surface area contributed by atoms with E-state index in [1.54, 1.807) is 18.7 Å². The van der Waals surface area contributed by atoms with Gasteiger partial charge in [-0.1, -0.05) is 18.2 Å². The molecule has 0 saturated carbocycles. The monoisotopic (exact) mass is 330 g/mol. The quantitative estimate of drug-likeness (QED) is 0.619. The minimum absolute atomic E-state index is 0.267. The lowest BCUT2D eigenvalue weighted by Crippen LogP contribution is -2.24. The lowest BCUT2D eigenvalue weighted by atomic mass is 10.2. The SMILES string of the molecule is O=C(NCc1ccc(-n2ccnc2)nc1)c1cnc2ccccc2n1. The first kappa shape index (κ1) is 14.9. The molecule has 0 bridgehead atoms. The summed E-state index contributed by atoms with van der Waals surface area (Å²) in [6, 6.07) is 11.2. The van der Waals surface area contributed by atoms with Crippen LogP contribution in [0.2, 0.25) is 0 Å². The van der Waals surface area contributed by atoms with Crippen molar-refractivity contribution < 1.29 is 4.79 Å². The van der Waals surface area contributed by atoms with Gasteiger partial charge in [0.1, 0.15) is 17.8 Å². The molecular weight excluding hydrogens is 316 g/mol. The largest absolute Gasteiger partial charge is 0.347 e. The second kappa shape index (κ2) is 6.48. The molecule has 7 nitrogen and oxygen atoms in total. The Bertz CT molecular complexity index is 1010. The van der Waals surface area contributed by atoms with Gasteiger partial charge in [0, 0.05) is 25.1 Å². The highest BCUT2D eigenvalue weighted by atomic mass is 16.1. The van der Waals surface area contributed by atoms with Crippen molar-refractivity contribution in [2.75, 3.05) is 0 Å². The number of nitrogens with one attached hydrogen (secondary N) is 1. The number of rotatable bonds is 4. The third-order valence-electron chi connectivity index (χ3n) is 3.71. The molecule has 3 aromatic heterocycles. The number of hydrogen-bond donors (Lipinski definition) is 1. The predicted octanol–water partition coefficient (Wildman–Crippen LogP) is 2.14. The number of aromatic nitrogens is 5. The highest BCUT2D eigenvalue weighted by Crippen LogP contribution is 2.09. The molecular formula is C18H14N6O. The van der Waals surface area contributed by atoms with Crippen molar-refractivity contribution >= 4 is 16.9 Å². The van der Waals surface area contributed by atoms with Crippen LogP contribution < -0.4 is 5.32 Å². The van der Waals surface area contributed by atoms with Crippen LogP contribution >= 0.6 is 0 Å². The number of pyridine rings is 1. The lowest BCUT2D eigenvalue weighted by Gasteiger charge is -2.06. The summed E-state index contributed by atoms with van der Waals surface area (Å²) >= 11 is 0. The van der Waals surface area contributed by atoms with Gasteiger partial charge in [-0.25, -0.2) is 15.0 Å². The summed E-state index contributed by atoms with van der Waals surface area (Å²) in [6.07, 6.45) is 8.41. The number of amides is 1. The zero-order chi connectivity index (χ0) is 17.1. The first-order valence-corrected chi connectivity index (χ1v) is 7.73. The molecule has 1 N–H and O–H groups in total. The van der Waals surface area contributed by atoms with Crippen molar-refractivity contribution in [3.8, 4) is 5.82 Å². The molecule has 7 heteroatoms. The molecule has 0 unspecified atom stereocenters. The van der Waals surface area contributed by atoms with E-state index in [4.69, 9.17) is 0 Å². The number of carbonyl (C=O) groups excluding carboxylic acids is 1. The molecule has 0 atom stereocenters. The molecule has 0 aliphatic rings. The van der Waals surface area contributed by atoms with Gasteiger partial charge in [0.2, 0.25) is 0 Å². The topological polar surface area (TPSA) is 85.6 Å². The predicted molar refractivity (Wildman–Crippen MR) is 92.1 cm³/mol. The maximum absolute atomic E-state index is 12.3. The van der Waals surface area contributed by atoms with Crippen molar-refractivity contribution in [2.45, 2.75) is 6.54 Å². The van der Waals surface area contributed by atoms with Gasteiger partial charge in [-0.2, -0.15) is 0 Å². The molecule has 4 aromatic rings. The van der Waals surface area contributed by atoms with Gasteiger partial charge in [0.25, 0.3) is 5.91 Å². The van der Waals surface area contributed by atoms with Gasteiger partial charge >= 0.3 is 0 Å². The van der Waals surface area contributed by atoms with Gasteiger partial charge in [-0.15, -0.1) is 0 Å². The zero-order valence-electron chi connectivity index (χ0n) is 13.2. The summed E-state index contributed by atoms with van der Waals surface area (Å²) in [6.45, 7) is 0.366. The van der Waals surface area contributed by atoms with Gasteiger partial charge in [0.15, 0.2) is 0 Å². The fourth-order valence-corrected chi connectivity index (χ4v) is 2.41. The van der Waals surface area contributed by atoms with E-state index < -0.39 is 0 Å². The highest BCUT2D eigenvalue weighted by Gasteiger charge is 2.09. The second-order valence-electron chi connectivity index (χ2n) is 5.42. The van der Waals surface area contributed by atoms with Crippen LogP contribution in [0.3, 0.4) is 0 Å². The molecule has 0 aliphatic heterocycles. The van der Waals surface area contributed by atoms with Crippen LogP contribution in [-0.4, -0.2) is 30.4 Å².